The molecule has 25 heavy (non-hydrogen) atoms. The molecule has 1 aromatic carbocycles. The monoisotopic (exact) mass is 348 g/mol. The summed E-state index contributed by atoms with van der Waals surface area (Å²) in [5.74, 6) is 0.627. The number of hydrogen-bond donors (Lipinski definition) is 1. The number of amides is 2. The Balaban J connectivity index is 1.78. The highest BCUT2D eigenvalue weighted by atomic mass is 16.5. The van der Waals surface area contributed by atoms with Gasteiger partial charge in [0.2, 0.25) is 11.8 Å². The number of hydrogen-bond acceptors (Lipinski definition) is 4. The van der Waals surface area contributed by atoms with E-state index in [-0.39, 0.29) is 30.4 Å². The molecule has 1 fully saturated rings. The van der Waals surface area contributed by atoms with E-state index < -0.39 is 0 Å². The van der Waals surface area contributed by atoms with E-state index in [0.717, 1.165) is 30.9 Å². The van der Waals surface area contributed by atoms with Crippen LogP contribution in [0.25, 0.3) is 0 Å². The van der Waals surface area contributed by atoms with Gasteiger partial charge in [-0.1, -0.05) is 0 Å². The fourth-order valence-electron chi connectivity index (χ4n) is 2.76. The molecule has 0 spiro atoms. The molecule has 1 aliphatic heterocycles. The first-order chi connectivity index (χ1) is 11.9. The summed E-state index contributed by atoms with van der Waals surface area (Å²) in [5, 5.41) is 2.85. The van der Waals surface area contributed by atoms with Gasteiger partial charge in [0.05, 0.1) is 12.2 Å². The minimum Gasteiger partial charge on any atom is -0.491 e. The van der Waals surface area contributed by atoms with Gasteiger partial charge in [0.1, 0.15) is 5.75 Å². The summed E-state index contributed by atoms with van der Waals surface area (Å²) in [7, 11) is 0. The van der Waals surface area contributed by atoms with Crippen molar-refractivity contribution in [2.24, 2.45) is 0 Å². The first kappa shape index (κ1) is 19.2. The van der Waals surface area contributed by atoms with Gasteiger partial charge in [0.25, 0.3) is 0 Å². The lowest BCUT2D eigenvalue weighted by molar-refractivity contribution is -0.130. The van der Waals surface area contributed by atoms with E-state index in [1.807, 2.05) is 38.1 Å². The van der Waals surface area contributed by atoms with Crippen molar-refractivity contribution in [2.75, 3.05) is 25.0 Å². The third-order valence-electron chi connectivity index (χ3n) is 4.01. The van der Waals surface area contributed by atoms with Crippen molar-refractivity contribution in [1.82, 2.24) is 4.90 Å². The normalized spacial score (nSPS) is 16.7. The van der Waals surface area contributed by atoms with Crippen molar-refractivity contribution in [3.05, 3.63) is 24.3 Å². The van der Waals surface area contributed by atoms with E-state index in [0.29, 0.717) is 13.1 Å². The molecule has 0 radical (unpaired) electrons. The predicted octanol–water partition coefficient (Wildman–Crippen LogP) is 2.83. The second-order valence-electron chi connectivity index (χ2n) is 6.59. The molecule has 1 heterocycles. The third-order valence-corrected chi connectivity index (χ3v) is 4.01. The van der Waals surface area contributed by atoms with E-state index in [9.17, 15) is 9.59 Å². The predicted molar refractivity (Wildman–Crippen MR) is 96.7 cm³/mol. The van der Waals surface area contributed by atoms with Crippen molar-refractivity contribution in [1.29, 1.82) is 0 Å². The van der Waals surface area contributed by atoms with Crippen LogP contribution < -0.4 is 10.1 Å². The van der Waals surface area contributed by atoms with Gasteiger partial charge in [0.15, 0.2) is 0 Å². The highest BCUT2D eigenvalue weighted by molar-refractivity contribution is 5.91. The summed E-state index contributed by atoms with van der Waals surface area (Å²) in [6.07, 6.45) is 2.48. The van der Waals surface area contributed by atoms with Gasteiger partial charge in [-0.3, -0.25) is 9.59 Å². The van der Waals surface area contributed by atoms with Crippen molar-refractivity contribution >= 4 is 17.5 Å². The van der Waals surface area contributed by atoms with Crippen LogP contribution in [0, 0.1) is 0 Å². The number of ether oxygens (including phenoxy) is 2. The van der Waals surface area contributed by atoms with E-state index in [4.69, 9.17) is 9.47 Å². The average Bonchev–Trinajstić information content (AvgIpc) is 3.05. The van der Waals surface area contributed by atoms with Crippen LogP contribution in [0.15, 0.2) is 24.3 Å². The summed E-state index contributed by atoms with van der Waals surface area (Å²) in [6, 6.07) is 7.28. The smallest absolute Gasteiger partial charge is 0.226 e. The lowest BCUT2D eigenvalue weighted by Crippen LogP contribution is -2.37. The zero-order chi connectivity index (χ0) is 18.2. The maximum absolute atomic E-state index is 12.1. The van der Waals surface area contributed by atoms with Gasteiger partial charge < -0.3 is 19.7 Å². The topological polar surface area (TPSA) is 67.9 Å². The van der Waals surface area contributed by atoms with Crippen LogP contribution in [0.2, 0.25) is 0 Å². The Labute approximate surface area is 149 Å². The van der Waals surface area contributed by atoms with Crippen LogP contribution in [-0.4, -0.2) is 48.6 Å². The number of benzene rings is 1. The largest absolute Gasteiger partial charge is 0.491 e. The number of carbonyl (C=O) groups excluding carboxylic acids is 2. The van der Waals surface area contributed by atoms with Crippen molar-refractivity contribution in [3.8, 4) is 5.75 Å². The molecule has 2 rings (SSSR count). The quantitative estimate of drug-likeness (QED) is 0.784. The molecule has 1 aromatic rings. The third kappa shape index (κ3) is 6.74. The summed E-state index contributed by atoms with van der Waals surface area (Å²) >= 11 is 0. The van der Waals surface area contributed by atoms with Gasteiger partial charge in [0, 0.05) is 38.7 Å². The molecule has 1 unspecified atom stereocenters. The van der Waals surface area contributed by atoms with Crippen LogP contribution in [-0.2, 0) is 14.3 Å². The van der Waals surface area contributed by atoms with Crippen LogP contribution in [0.3, 0.4) is 0 Å². The fraction of sp³-hybridized carbons (Fsp3) is 0.579. The molecule has 0 saturated carbocycles. The number of rotatable bonds is 8. The van der Waals surface area contributed by atoms with Gasteiger partial charge >= 0.3 is 0 Å². The molecular weight excluding hydrogens is 320 g/mol. The standard InChI is InChI=1S/C19H28N2O4/c1-14(2)25-17-8-6-16(7-9-17)20-19(23)10-11-21(15(3)22)13-18-5-4-12-24-18/h6-9,14,18H,4-5,10-13H2,1-3H3,(H,20,23). The number of carbonyl (C=O) groups is 2. The van der Waals surface area contributed by atoms with E-state index >= 15 is 0 Å². The zero-order valence-electron chi connectivity index (χ0n) is 15.3. The molecule has 1 saturated heterocycles. The Kier molecular flexibility index (Phi) is 7.25. The van der Waals surface area contributed by atoms with E-state index in [2.05, 4.69) is 5.32 Å². The molecule has 138 valence electrons. The molecule has 6 heteroatoms. The summed E-state index contributed by atoms with van der Waals surface area (Å²) in [4.78, 5) is 25.6. The second-order valence-corrected chi connectivity index (χ2v) is 6.59. The van der Waals surface area contributed by atoms with Crippen molar-refractivity contribution < 1.29 is 19.1 Å². The van der Waals surface area contributed by atoms with E-state index in [1.165, 1.54) is 6.92 Å². The lowest BCUT2D eigenvalue weighted by atomic mass is 10.2. The summed E-state index contributed by atoms with van der Waals surface area (Å²) in [5.41, 5.74) is 0.717. The second kappa shape index (κ2) is 9.42. The molecule has 0 aliphatic carbocycles. The van der Waals surface area contributed by atoms with Gasteiger partial charge in [-0.05, 0) is 51.0 Å². The molecule has 6 nitrogen and oxygen atoms in total. The first-order valence-electron chi connectivity index (χ1n) is 8.87. The Morgan fingerprint density at radius 3 is 2.60 bits per heavy atom. The fourth-order valence-corrected chi connectivity index (χ4v) is 2.76. The average molecular weight is 348 g/mol. The minimum atomic E-state index is -0.115. The molecule has 0 aromatic heterocycles. The van der Waals surface area contributed by atoms with Gasteiger partial charge in [-0.25, -0.2) is 0 Å². The lowest BCUT2D eigenvalue weighted by Gasteiger charge is -2.23. The molecule has 1 aliphatic rings. The van der Waals surface area contributed by atoms with Crippen LogP contribution >= 0.6 is 0 Å². The van der Waals surface area contributed by atoms with Gasteiger partial charge in [-0.15, -0.1) is 0 Å². The maximum atomic E-state index is 12.1. The highest BCUT2D eigenvalue weighted by Gasteiger charge is 2.21. The molecule has 0 bridgehead atoms. The first-order valence-corrected chi connectivity index (χ1v) is 8.87. The number of nitrogens with one attached hydrogen (secondary N) is 1. The van der Waals surface area contributed by atoms with Crippen molar-refractivity contribution in [3.63, 3.8) is 0 Å². The Morgan fingerprint density at radius 2 is 2.04 bits per heavy atom. The summed E-state index contributed by atoms with van der Waals surface area (Å²) in [6.45, 7) is 7.17. The summed E-state index contributed by atoms with van der Waals surface area (Å²) < 4.78 is 11.1. The Morgan fingerprint density at radius 1 is 1.32 bits per heavy atom. The van der Waals surface area contributed by atoms with Crippen molar-refractivity contribution in [2.45, 2.75) is 52.2 Å². The van der Waals surface area contributed by atoms with Crippen LogP contribution in [0.5, 0.6) is 5.75 Å². The maximum Gasteiger partial charge on any atom is 0.226 e. The number of anilines is 1. The zero-order valence-corrected chi connectivity index (χ0v) is 15.3. The van der Waals surface area contributed by atoms with Crippen LogP contribution in [0.1, 0.15) is 40.0 Å². The van der Waals surface area contributed by atoms with Crippen LogP contribution in [0.4, 0.5) is 5.69 Å². The molecule has 2 amide bonds. The van der Waals surface area contributed by atoms with E-state index in [1.54, 1.807) is 4.90 Å². The Bertz CT molecular complexity index is 565. The van der Waals surface area contributed by atoms with Gasteiger partial charge in [-0.2, -0.15) is 0 Å². The SMILES string of the molecule is CC(=O)N(CCC(=O)Nc1ccc(OC(C)C)cc1)CC1CCCO1. The molecule has 1 N–H and O–H groups in total. The highest BCUT2D eigenvalue weighted by Crippen LogP contribution is 2.17. The molecule has 1 atom stereocenters. The minimum absolute atomic E-state index is 0.0292. The molecular formula is C19H28N2O4. The Hall–Kier alpha value is -2.08. The number of nitrogens with zero attached hydrogens (tertiary/aromatic N) is 1.